The van der Waals surface area contributed by atoms with Gasteiger partial charge in [-0.3, -0.25) is 4.90 Å². The second-order valence-corrected chi connectivity index (χ2v) is 8.05. The van der Waals surface area contributed by atoms with E-state index in [2.05, 4.69) is 70.7 Å². The molecular formula is C26H26N2O. The number of fused-ring (bicyclic) bond motifs is 1. The van der Waals surface area contributed by atoms with Crippen molar-refractivity contribution in [3.05, 3.63) is 90.1 Å². The van der Waals surface area contributed by atoms with E-state index in [0.29, 0.717) is 11.7 Å². The van der Waals surface area contributed by atoms with Gasteiger partial charge in [-0.05, 0) is 72.3 Å². The minimum atomic E-state index is 0.341. The largest absolute Gasteiger partial charge is 0.508 e. The van der Waals surface area contributed by atoms with Crippen LogP contribution in [-0.2, 0) is 6.54 Å². The predicted octanol–water partition coefficient (Wildman–Crippen LogP) is 5.92. The Morgan fingerprint density at radius 1 is 0.897 bits per heavy atom. The van der Waals surface area contributed by atoms with Crippen molar-refractivity contribution in [1.29, 1.82) is 0 Å². The number of H-pyrrole nitrogens is 1. The molecule has 0 unspecified atom stereocenters. The van der Waals surface area contributed by atoms with Crippen LogP contribution in [0.1, 0.15) is 29.9 Å². The Bertz CT molecular complexity index is 1110. The number of phenolic OH excluding ortho intramolecular Hbond substituents is 1. The normalized spacial score (nSPS) is 15.7. The number of aromatic nitrogens is 1. The van der Waals surface area contributed by atoms with E-state index in [0.717, 1.165) is 43.4 Å². The third-order valence-electron chi connectivity index (χ3n) is 6.22. The molecule has 1 aliphatic rings. The van der Waals surface area contributed by atoms with Gasteiger partial charge < -0.3 is 10.1 Å². The second-order valence-electron chi connectivity index (χ2n) is 8.05. The monoisotopic (exact) mass is 382 g/mol. The summed E-state index contributed by atoms with van der Waals surface area (Å²) in [5.74, 6) is 0.888. The van der Waals surface area contributed by atoms with Gasteiger partial charge in [-0.2, -0.15) is 0 Å². The van der Waals surface area contributed by atoms with Crippen LogP contribution in [-0.4, -0.2) is 28.1 Å². The van der Waals surface area contributed by atoms with E-state index in [1.807, 2.05) is 12.1 Å². The zero-order valence-electron chi connectivity index (χ0n) is 16.5. The van der Waals surface area contributed by atoms with E-state index in [9.17, 15) is 5.11 Å². The molecule has 0 saturated carbocycles. The summed E-state index contributed by atoms with van der Waals surface area (Å²) in [5, 5.41) is 11.0. The maximum Gasteiger partial charge on any atom is 0.116 e. The number of nitrogens with zero attached hydrogens (tertiary/aromatic N) is 1. The van der Waals surface area contributed by atoms with Gasteiger partial charge in [-0.25, -0.2) is 0 Å². The zero-order chi connectivity index (χ0) is 19.6. The fraction of sp³-hybridized carbons (Fsp3) is 0.231. The van der Waals surface area contributed by atoms with Crippen LogP contribution >= 0.6 is 0 Å². The first-order valence-electron chi connectivity index (χ1n) is 10.4. The first-order chi connectivity index (χ1) is 14.3. The number of piperidine rings is 1. The molecule has 0 radical (unpaired) electrons. The first kappa shape index (κ1) is 18.0. The molecule has 0 spiro atoms. The summed E-state index contributed by atoms with van der Waals surface area (Å²) in [7, 11) is 0. The van der Waals surface area contributed by atoms with Crippen LogP contribution in [0, 0.1) is 0 Å². The number of rotatable bonds is 4. The lowest BCUT2D eigenvalue weighted by Gasteiger charge is -2.32. The summed E-state index contributed by atoms with van der Waals surface area (Å²) in [6.07, 6.45) is 4.43. The molecule has 0 bridgehead atoms. The highest BCUT2D eigenvalue weighted by Crippen LogP contribution is 2.35. The van der Waals surface area contributed by atoms with Gasteiger partial charge in [-0.15, -0.1) is 0 Å². The Balaban J connectivity index is 1.30. The summed E-state index contributed by atoms with van der Waals surface area (Å²) >= 11 is 0. The molecule has 29 heavy (non-hydrogen) atoms. The summed E-state index contributed by atoms with van der Waals surface area (Å²) in [6, 6.07) is 25.0. The van der Waals surface area contributed by atoms with Gasteiger partial charge in [0.15, 0.2) is 0 Å². The molecule has 146 valence electrons. The standard InChI is InChI=1S/C26H26N2O/c29-22-10-11-26-24(16-22)25(17-27-26)20-12-14-28(15-13-20)18-21-8-4-5-9-23(21)19-6-2-1-3-7-19/h1-11,16-17,20,27,29H,12-15,18H2. The van der Waals surface area contributed by atoms with Crippen LogP contribution in [0.5, 0.6) is 5.75 Å². The topological polar surface area (TPSA) is 39.3 Å². The van der Waals surface area contributed by atoms with Crippen LogP contribution in [0.2, 0.25) is 0 Å². The van der Waals surface area contributed by atoms with Crippen LogP contribution in [0.25, 0.3) is 22.0 Å². The van der Waals surface area contributed by atoms with Gasteiger partial charge in [0.05, 0.1) is 0 Å². The molecule has 3 heteroatoms. The summed E-state index contributed by atoms with van der Waals surface area (Å²) in [5.41, 5.74) is 6.48. The van der Waals surface area contributed by atoms with Crippen LogP contribution in [0.15, 0.2) is 79.0 Å². The minimum Gasteiger partial charge on any atom is -0.508 e. The lowest BCUT2D eigenvalue weighted by atomic mass is 9.88. The summed E-state index contributed by atoms with van der Waals surface area (Å²) in [6.45, 7) is 3.19. The third kappa shape index (κ3) is 3.66. The van der Waals surface area contributed by atoms with Crippen LogP contribution < -0.4 is 0 Å². The number of aromatic amines is 1. The quantitative estimate of drug-likeness (QED) is 0.460. The Morgan fingerprint density at radius 2 is 1.66 bits per heavy atom. The van der Waals surface area contributed by atoms with Crippen molar-refractivity contribution < 1.29 is 5.11 Å². The maximum atomic E-state index is 9.88. The highest BCUT2D eigenvalue weighted by Gasteiger charge is 2.23. The van der Waals surface area contributed by atoms with Gasteiger partial charge in [0, 0.05) is 23.6 Å². The third-order valence-corrected chi connectivity index (χ3v) is 6.22. The second kappa shape index (κ2) is 7.76. The molecule has 3 nitrogen and oxygen atoms in total. The van der Waals surface area contributed by atoms with Gasteiger partial charge >= 0.3 is 0 Å². The fourth-order valence-corrected chi connectivity index (χ4v) is 4.67. The van der Waals surface area contributed by atoms with Crippen molar-refractivity contribution in [2.45, 2.75) is 25.3 Å². The maximum absolute atomic E-state index is 9.88. The number of aromatic hydroxyl groups is 1. The average molecular weight is 383 g/mol. The molecule has 1 saturated heterocycles. The van der Waals surface area contributed by atoms with E-state index in [1.165, 1.54) is 22.3 Å². The van der Waals surface area contributed by atoms with Crippen LogP contribution in [0.4, 0.5) is 0 Å². The highest BCUT2D eigenvalue weighted by atomic mass is 16.3. The van der Waals surface area contributed by atoms with E-state index in [-0.39, 0.29) is 0 Å². The highest BCUT2D eigenvalue weighted by molar-refractivity contribution is 5.85. The molecule has 1 aromatic heterocycles. The number of hydrogen-bond donors (Lipinski definition) is 2. The van der Waals surface area contributed by atoms with Crippen molar-refractivity contribution >= 4 is 10.9 Å². The van der Waals surface area contributed by atoms with Crippen molar-refractivity contribution in [2.75, 3.05) is 13.1 Å². The number of hydrogen-bond acceptors (Lipinski definition) is 2. The van der Waals surface area contributed by atoms with Gasteiger partial charge in [-0.1, -0.05) is 54.6 Å². The number of benzene rings is 3. The summed E-state index contributed by atoms with van der Waals surface area (Å²) < 4.78 is 0. The van der Waals surface area contributed by atoms with E-state index >= 15 is 0 Å². The summed E-state index contributed by atoms with van der Waals surface area (Å²) in [4.78, 5) is 5.94. The smallest absolute Gasteiger partial charge is 0.116 e. The van der Waals surface area contributed by atoms with Gasteiger partial charge in [0.1, 0.15) is 5.75 Å². The van der Waals surface area contributed by atoms with Gasteiger partial charge in [0.25, 0.3) is 0 Å². The Labute approximate surface area is 171 Å². The van der Waals surface area contributed by atoms with Crippen molar-refractivity contribution in [2.24, 2.45) is 0 Å². The van der Waals surface area contributed by atoms with Crippen LogP contribution in [0.3, 0.4) is 0 Å². The van der Waals surface area contributed by atoms with E-state index in [1.54, 1.807) is 6.07 Å². The van der Waals surface area contributed by atoms with Crippen molar-refractivity contribution in [1.82, 2.24) is 9.88 Å². The molecule has 2 N–H and O–H groups in total. The Hall–Kier alpha value is -3.04. The molecule has 2 heterocycles. The minimum absolute atomic E-state index is 0.341. The lowest BCUT2D eigenvalue weighted by Crippen LogP contribution is -2.32. The fourth-order valence-electron chi connectivity index (χ4n) is 4.67. The predicted molar refractivity (Wildman–Crippen MR) is 119 cm³/mol. The Kier molecular flexibility index (Phi) is 4.82. The van der Waals surface area contributed by atoms with Gasteiger partial charge in [0.2, 0.25) is 0 Å². The average Bonchev–Trinajstić information content (AvgIpc) is 3.18. The molecule has 4 aromatic rings. The Morgan fingerprint density at radius 3 is 2.48 bits per heavy atom. The molecule has 0 atom stereocenters. The van der Waals surface area contributed by atoms with Crippen molar-refractivity contribution in [3.63, 3.8) is 0 Å². The molecule has 5 rings (SSSR count). The van der Waals surface area contributed by atoms with E-state index in [4.69, 9.17) is 0 Å². The molecule has 3 aromatic carbocycles. The molecule has 1 fully saturated rings. The number of nitrogens with one attached hydrogen (secondary N) is 1. The molecular weight excluding hydrogens is 356 g/mol. The lowest BCUT2D eigenvalue weighted by molar-refractivity contribution is 0.205. The molecule has 1 aliphatic heterocycles. The number of likely N-dealkylation sites (tertiary alicyclic amines) is 1. The first-order valence-corrected chi connectivity index (χ1v) is 10.4. The van der Waals surface area contributed by atoms with E-state index < -0.39 is 0 Å². The molecule has 0 aliphatic carbocycles. The van der Waals surface area contributed by atoms with Crippen molar-refractivity contribution in [3.8, 4) is 16.9 Å². The SMILES string of the molecule is Oc1ccc2[nH]cc(C3CCN(Cc4ccccc4-c4ccccc4)CC3)c2c1. The number of phenols is 1. The zero-order valence-corrected chi connectivity index (χ0v) is 16.5. The molecule has 0 amide bonds.